The second-order valence-electron chi connectivity index (χ2n) is 6.79. The summed E-state index contributed by atoms with van der Waals surface area (Å²) in [5.41, 5.74) is 5.55. The predicted octanol–water partition coefficient (Wildman–Crippen LogP) is 5.27. The first-order chi connectivity index (χ1) is 13.3. The van der Waals surface area contributed by atoms with Gasteiger partial charge in [0.25, 0.3) is 5.91 Å². The van der Waals surface area contributed by atoms with Crippen LogP contribution in [0, 0.1) is 20.8 Å². The molecule has 0 aliphatic carbocycles. The fraction of sp³-hybridized carbons (Fsp3) is 0.182. The van der Waals surface area contributed by atoms with E-state index in [1.165, 1.54) is 6.92 Å². The maximum atomic E-state index is 12.9. The summed E-state index contributed by atoms with van der Waals surface area (Å²) in [5.74, 6) is -0.449. The normalized spacial score (nSPS) is 10.6. The molecule has 0 aliphatic rings. The number of aryl methyl sites for hydroxylation is 2. The number of amides is 2. The van der Waals surface area contributed by atoms with Crippen LogP contribution in [0.5, 0.6) is 0 Å². The van der Waals surface area contributed by atoms with Crippen LogP contribution in [0.2, 0.25) is 5.02 Å². The van der Waals surface area contributed by atoms with E-state index in [0.717, 1.165) is 22.6 Å². The van der Waals surface area contributed by atoms with Crippen molar-refractivity contribution in [3.63, 3.8) is 0 Å². The molecule has 3 aromatic rings. The van der Waals surface area contributed by atoms with Crippen molar-refractivity contribution in [3.05, 3.63) is 76.1 Å². The molecule has 2 amide bonds. The molecule has 1 aromatic heterocycles. The summed E-state index contributed by atoms with van der Waals surface area (Å²) in [5, 5.41) is 5.93. The third-order valence-electron chi connectivity index (χ3n) is 4.47. The molecule has 28 heavy (non-hydrogen) atoms. The Labute approximate surface area is 169 Å². The topological polar surface area (TPSA) is 63.1 Å². The number of aromatic nitrogens is 1. The van der Waals surface area contributed by atoms with E-state index in [2.05, 4.69) is 21.3 Å². The maximum Gasteiger partial charge on any atom is 0.257 e. The largest absolute Gasteiger partial charge is 0.326 e. The molecule has 2 N–H and O–H groups in total. The van der Waals surface area contributed by atoms with Crippen LogP contribution >= 0.6 is 11.6 Å². The van der Waals surface area contributed by atoms with E-state index in [4.69, 9.17) is 11.6 Å². The molecule has 0 bridgehead atoms. The molecule has 0 saturated carbocycles. The summed E-state index contributed by atoms with van der Waals surface area (Å²) in [7, 11) is 0. The van der Waals surface area contributed by atoms with Gasteiger partial charge in [0.05, 0.1) is 16.3 Å². The molecule has 5 nitrogen and oxygen atoms in total. The van der Waals surface area contributed by atoms with Gasteiger partial charge >= 0.3 is 0 Å². The zero-order valence-corrected chi connectivity index (χ0v) is 17.0. The van der Waals surface area contributed by atoms with Crippen molar-refractivity contribution >= 4 is 34.8 Å². The first-order valence-corrected chi connectivity index (χ1v) is 9.28. The van der Waals surface area contributed by atoms with Gasteiger partial charge < -0.3 is 15.2 Å². The minimum atomic E-state index is -0.256. The second kappa shape index (κ2) is 7.90. The number of hydrogen-bond acceptors (Lipinski definition) is 2. The van der Waals surface area contributed by atoms with E-state index in [9.17, 15) is 9.59 Å². The second-order valence-corrected chi connectivity index (χ2v) is 7.20. The van der Waals surface area contributed by atoms with Gasteiger partial charge in [-0.25, -0.2) is 0 Å². The van der Waals surface area contributed by atoms with Gasteiger partial charge in [-0.2, -0.15) is 0 Å². The fourth-order valence-corrected chi connectivity index (χ4v) is 3.41. The predicted molar refractivity (Wildman–Crippen MR) is 114 cm³/mol. The molecular formula is C22H22ClN3O2. The third kappa shape index (κ3) is 4.10. The van der Waals surface area contributed by atoms with Crippen LogP contribution in [-0.4, -0.2) is 16.4 Å². The summed E-state index contributed by atoms with van der Waals surface area (Å²) in [4.78, 5) is 24.2. The molecule has 0 spiro atoms. The number of benzene rings is 2. The monoisotopic (exact) mass is 395 g/mol. The molecule has 0 unspecified atom stereocenters. The van der Waals surface area contributed by atoms with Gasteiger partial charge in [-0.3, -0.25) is 9.59 Å². The number of rotatable bonds is 4. The lowest BCUT2D eigenvalue weighted by molar-refractivity contribution is -0.114. The van der Waals surface area contributed by atoms with Crippen molar-refractivity contribution in [2.45, 2.75) is 27.7 Å². The zero-order valence-electron chi connectivity index (χ0n) is 16.3. The molecule has 0 fully saturated rings. The van der Waals surface area contributed by atoms with E-state index in [1.54, 1.807) is 18.2 Å². The van der Waals surface area contributed by atoms with Gasteiger partial charge in [-0.15, -0.1) is 0 Å². The molecular weight excluding hydrogens is 374 g/mol. The Morgan fingerprint density at radius 2 is 1.71 bits per heavy atom. The lowest BCUT2D eigenvalue weighted by atomic mass is 10.2. The number of halogens is 1. The summed E-state index contributed by atoms with van der Waals surface area (Å²) >= 11 is 6.22. The Kier molecular flexibility index (Phi) is 5.56. The summed E-state index contributed by atoms with van der Waals surface area (Å²) < 4.78 is 2.05. The van der Waals surface area contributed by atoms with Crippen molar-refractivity contribution in [3.8, 4) is 5.69 Å². The lowest BCUT2D eigenvalue weighted by Crippen LogP contribution is -2.14. The quantitative estimate of drug-likeness (QED) is 0.632. The van der Waals surface area contributed by atoms with Crippen LogP contribution in [0.3, 0.4) is 0 Å². The molecule has 0 radical (unpaired) electrons. The maximum absolute atomic E-state index is 12.9. The highest BCUT2D eigenvalue weighted by atomic mass is 35.5. The Balaban J connectivity index is 1.92. The number of anilines is 2. The highest BCUT2D eigenvalue weighted by Crippen LogP contribution is 2.28. The third-order valence-corrected chi connectivity index (χ3v) is 4.80. The first-order valence-electron chi connectivity index (χ1n) is 8.90. The van der Waals surface area contributed by atoms with Crippen LogP contribution in [0.25, 0.3) is 5.69 Å². The Bertz CT molecular complexity index is 1070. The van der Waals surface area contributed by atoms with Gasteiger partial charge in [0, 0.05) is 29.7 Å². The standard InChI is InChI=1S/C22H22ClN3O2/c1-13-6-5-7-18(10-13)26-14(2)11-19(15(26)3)22(28)25-21-12-17(24-16(4)27)8-9-20(21)23/h5-12H,1-4H3,(H,24,27)(H,25,28). The van der Waals surface area contributed by atoms with E-state index < -0.39 is 0 Å². The van der Waals surface area contributed by atoms with Crippen LogP contribution in [0.1, 0.15) is 34.2 Å². The van der Waals surface area contributed by atoms with Gasteiger partial charge in [0.15, 0.2) is 0 Å². The molecule has 0 aliphatic heterocycles. The Morgan fingerprint density at radius 1 is 0.964 bits per heavy atom. The van der Waals surface area contributed by atoms with E-state index in [0.29, 0.717) is 22.0 Å². The van der Waals surface area contributed by atoms with Crippen molar-refractivity contribution in [1.29, 1.82) is 0 Å². The number of nitrogens with zero attached hydrogens (tertiary/aromatic N) is 1. The molecule has 0 saturated heterocycles. The van der Waals surface area contributed by atoms with Crippen molar-refractivity contribution < 1.29 is 9.59 Å². The average Bonchev–Trinajstić information content (AvgIpc) is 2.92. The van der Waals surface area contributed by atoms with Crippen LogP contribution in [0.4, 0.5) is 11.4 Å². The van der Waals surface area contributed by atoms with Crippen LogP contribution in [0.15, 0.2) is 48.5 Å². The van der Waals surface area contributed by atoms with Crippen molar-refractivity contribution in [1.82, 2.24) is 4.57 Å². The highest BCUT2D eigenvalue weighted by molar-refractivity contribution is 6.34. The van der Waals surface area contributed by atoms with Gasteiger partial charge in [-0.1, -0.05) is 23.7 Å². The van der Waals surface area contributed by atoms with Crippen LogP contribution < -0.4 is 10.6 Å². The SMILES string of the molecule is CC(=O)Nc1ccc(Cl)c(NC(=O)c2cc(C)n(-c3cccc(C)c3)c2C)c1. The molecule has 3 rings (SSSR count). The van der Waals surface area contributed by atoms with Crippen LogP contribution in [-0.2, 0) is 4.79 Å². The number of carbonyl (C=O) groups excluding carboxylic acids is 2. The van der Waals surface area contributed by atoms with E-state index >= 15 is 0 Å². The minimum Gasteiger partial charge on any atom is -0.326 e. The van der Waals surface area contributed by atoms with Crippen molar-refractivity contribution in [2.24, 2.45) is 0 Å². The zero-order chi connectivity index (χ0) is 20.4. The van der Waals surface area contributed by atoms with Crippen molar-refractivity contribution in [2.75, 3.05) is 10.6 Å². The van der Waals surface area contributed by atoms with E-state index in [1.807, 2.05) is 45.0 Å². The molecule has 0 atom stereocenters. The molecule has 1 heterocycles. The summed E-state index contributed by atoms with van der Waals surface area (Å²) in [6.07, 6.45) is 0. The van der Waals surface area contributed by atoms with Gasteiger partial charge in [-0.05, 0) is 62.7 Å². The molecule has 144 valence electrons. The fourth-order valence-electron chi connectivity index (χ4n) is 3.25. The smallest absolute Gasteiger partial charge is 0.257 e. The summed E-state index contributed by atoms with van der Waals surface area (Å²) in [6, 6.07) is 14.9. The van der Waals surface area contributed by atoms with Gasteiger partial charge in [0.1, 0.15) is 0 Å². The number of nitrogens with one attached hydrogen (secondary N) is 2. The highest BCUT2D eigenvalue weighted by Gasteiger charge is 2.18. The van der Waals surface area contributed by atoms with Gasteiger partial charge in [0.2, 0.25) is 5.91 Å². The molecule has 6 heteroatoms. The lowest BCUT2D eigenvalue weighted by Gasteiger charge is -2.12. The number of hydrogen-bond donors (Lipinski definition) is 2. The van der Waals surface area contributed by atoms with E-state index in [-0.39, 0.29) is 11.8 Å². The number of carbonyl (C=O) groups is 2. The Morgan fingerprint density at radius 3 is 2.39 bits per heavy atom. The summed E-state index contributed by atoms with van der Waals surface area (Å²) in [6.45, 7) is 7.35. The first kappa shape index (κ1) is 19.7. The Hall–Kier alpha value is -3.05. The average molecular weight is 396 g/mol. The minimum absolute atomic E-state index is 0.193. The molecule has 2 aromatic carbocycles.